The highest BCUT2D eigenvalue weighted by Gasteiger charge is 2.29. The van der Waals surface area contributed by atoms with Crippen molar-refractivity contribution < 1.29 is 9.53 Å². The quantitative estimate of drug-likeness (QED) is 0.868. The zero-order chi connectivity index (χ0) is 12.3. The summed E-state index contributed by atoms with van der Waals surface area (Å²) >= 11 is 5.61. The van der Waals surface area contributed by atoms with E-state index in [9.17, 15) is 4.79 Å². The van der Waals surface area contributed by atoms with E-state index in [1.807, 2.05) is 6.92 Å². The van der Waals surface area contributed by atoms with Crippen molar-refractivity contribution in [1.82, 2.24) is 15.3 Å². The van der Waals surface area contributed by atoms with Gasteiger partial charge < -0.3 is 10.1 Å². The number of hydrogen-bond donors (Lipinski definition) is 1. The molecule has 0 spiro atoms. The minimum atomic E-state index is -0.226. The first-order valence-electron chi connectivity index (χ1n) is 5.47. The van der Waals surface area contributed by atoms with Crippen LogP contribution in [0.25, 0.3) is 0 Å². The molecular formula is C11H14ClN3O2. The second-order valence-electron chi connectivity index (χ2n) is 4.35. The zero-order valence-corrected chi connectivity index (χ0v) is 10.3. The van der Waals surface area contributed by atoms with Crippen LogP contribution in [0.4, 0.5) is 0 Å². The van der Waals surface area contributed by atoms with Gasteiger partial charge in [-0.25, -0.2) is 9.97 Å². The molecule has 1 aromatic rings. The first-order valence-corrected chi connectivity index (χ1v) is 5.85. The first kappa shape index (κ1) is 12.3. The highest BCUT2D eigenvalue weighted by molar-refractivity contribution is 6.29. The number of hydrogen-bond acceptors (Lipinski definition) is 4. The molecule has 92 valence electrons. The Hall–Kier alpha value is -1.20. The van der Waals surface area contributed by atoms with Crippen molar-refractivity contribution >= 4 is 17.5 Å². The van der Waals surface area contributed by atoms with Crippen molar-refractivity contribution in [2.75, 3.05) is 13.2 Å². The number of ether oxygens (including phenoxy) is 1. The van der Waals surface area contributed by atoms with E-state index in [2.05, 4.69) is 15.3 Å². The van der Waals surface area contributed by atoms with Crippen LogP contribution in [0.3, 0.4) is 0 Å². The molecule has 17 heavy (non-hydrogen) atoms. The Morgan fingerprint density at radius 3 is 2.71 bits per heavy atom. The maximum atomic E-state index is 11.9. The van der Waals surface area contributed by atoms with Gasteiger partial charge in [-0.2, -0.15) is 0 Å². The van der Waals surface area contributed by atoms with Gasteiger partial charge in [0.15, 0.2) is 0 Å². The Morgan fingerprint density at radius 1 is 1.41 bits per heavy atom. The summed E-state index contributed by atoms with van der Waals surface area (Å²) in [6.45, 7) is 3.35. The smallest absolute Gasteiger partial charge is 0.271 e. The van der Waals surface area contributed by atoms with Crippen LogP contribution < -0.4 is 5.32 Å². The van der Waals surface area contributed by atoms with Gasteiger partial charge in [0.05, 0.1) is 12.4 Å². The van der Waals surface area contributed by atoms with E-state index in [4.69, 9.17) is 16.3 Å². The van der Waals surface area contributed by atoms with Crippen LogP contribution in [0.15, 0.2) is 12.4 Å². The molecule has 1 aliphatic heterocycles. The van der Waals surface area contributed by atoms with Crippen molar-refractivity contribution in [3.63, 3.8) is 0 Å². The number of aromatic nitrogens is 2. The molecule has 1 aliphatic rings. The van der Waals surface area contributed by atoms with Crippen LogP contribution in [0.1, 0.15) is 30.3 Å². The van der Waals surface area contributed by atoms with Crippen molar-refractivity contribution in [3.05, 3.63) is 23.2 Å². The largest absolute Gasteiger partial charge is 0.381 e. The molecule has 0 bridgehead atoms. The molecule has 0 atom stereocenters. The van der Waals surface area contributed by atoms with Gasteiger partial charge in [0, 0.05) is 18.8 Å². The van der Waals surface area contributed by atoms with Crippen molar-refractivity contribution in [1.29, 1.82) is 0 Å². The van der Waals surface area contributed by atoms with Gasteiger partial charge in [-0.15, -0.1) is 0 Å². The Balaban J connectivity index is 2.03. The zero-order valence-electron chi connectivity index (χ0n) is 9.57. The number of carbonyl (C=O) groups is 1. The van der Waals surface area contributed by atoms with Gasteiger partial charge in [0.2, 0.25) is 0 Å². The summed E-state index contributed by atoms with van der Waals surface area (Å²) < 4.78 is 5.27. The number of carbonyl (C=O) groups excluding carboxylic acids is 1. The highest BCUT2D eigenvalue weighted by atomic mass is 35.5. The standard InChI is InChI=1S/C11H14ClN3O2/c1-11(2-4-17-5-3-11)15-10(16)8-6-14-9(12)7-13-8/h6-7H,2-5H2,1H3,(H,15,16). The van der Waals surface area contributed by atoms with Gasteiger partial charge in [-0.1, -0.05) is 11.6 Å². The molecule has 2 rings (SSSR count). The molecule has 1 amide bonds. The minimum absolute atomic E-state index is 0.224. The van der Waals surface area contributed by atoms with Crippen molar-refractivity contribution in [3.8, 4) is 0 Å². The molecule has 0 saturated carbocycles. The molecule has 1 saturated heterocycles. The third-order valence-corrected chi connectivity index (χ3v) is 3.06. The highest BCUT2D eigenvalue weighted by Crippen LogP contribution is 2.20. The number of rotatable bonds is 2. The third-order valence-electron chi connectivity index (χ3n) is 2.86. The van der Waals surface area contributed by atoms with E-state index < -0.39 is 0 Å². The molecule has 0 aliphatic carbocycles. The Labute approximate surface area is 105 Å². The molecule has 2 heterocycles. The maximum Gasteiger partial charge on any atom is 0.271 e. The molecule has 1 aromatic heterocycles. The maximum absolute atomic E-state index is 11.9. The predicted octanol–water partition coefficient (Wildman–Crippen LogP) is 1.43. The van der Waals surface area contributed by atoms with Crippen molar-refractivity contribution in [2.24, 2.45) is 0 Å². The fraction of sp³-hybridized carbons (Fsp3) is 0.545. The van der Waals surface area contributed by atoms with Crippen LogP contribution in [0.5, 0.6) is 0 Å². The van der Waals surface area contributed by atoms with Gasteiger partial charge >= 0.3 is 0 Å². The molecule has 1 fully saturated rings. The van der Waals surface area contributed by atoms with E-state index in [1.165, 1.54) is 12.4 Å². The van der Waals surface area contributed by atoms with Crippen molar-refractivity contribution in [2.45, 2.75) is 25.3 Å². The summed E-state index contributed by atoms with van der Waals surface area (Å²) in [4.78, 5) is 19.7. The van der Waals surface area contributed by atoms with Crippen LogP contribution in [-0.4, -0.2) is 34.6 Å². The Morgan fingerprint density at radius 2 is 2.12 bits per heavy atom. The monoisotopic (exact) mass is 255 g/mol. The summed E-state index contributed by atoms with van der Waals surface area (Å²) in [6.07, 6.45) is 4.35. The lowest BCUT2D eigenvalue weighted by molar-refractivity contribution is 0.0421. The molecule has 0 aromatic carbocycles. The predicted molar refractivity (Wildman–Crippen MR) is 63.0 cm³/mol. The Kier molecular flexibility index (Phi) is 3.59. The molecule has 1 N–H and O–H groups in total. The Bertz CT molecular complexity index is 402. The van der Waals surface area contributed by atoms with Gasteiger partial charge in [-0.3, -0.25) is 4.79 Å². The molecule has 0 radical (unpaired) electrons. The average molecular weight is 256 g/mol. The van der Waals surface area contributed by atoms with E-state index in [0.717, 1.165) is 12.8 Å². The van der Waals surface area contributed by atoms with Crippen LogP contribution >= 0.6 is 11.6 Å². The van der Waals surface area contributed by atoms with Crippen LogP contribution in [-0.2, 0) is 4.74 Å². The lowest BCUT2D eigenvalue weighted by Crippen LogP contribution is -2.49. The van der Waals surface area contributed by atoms with Gasteiger partial charge in [0.1, 0.15) is 10.8 Å². The van der Waals surface area contributed by atoms with E-state index >= 15 is 0 Å². The number of amides is 1. The minimum Gasteiger partial charge on any atom is -0.381 e. The summed E-state index contributed by atoms with van der Waals surface area (Å²) in [6, 6.07) is 0. The van der Waals surface area contributed by atoms with Crippen LogP contribution in [0, 0.1) is 0 Å². The summed E-state index contributed by atoms with van der Waals surface area (Å²) in [5, 5.41) is 3.24. The second-order valence-corrected chi connectivity index (χ2v) is 4.74. The fourth-order valence-electron chi connectivity index (χ4n) is 1.71. The molecular weight excluding hydrogens is 242 g/mol. The summed E-state index contributed by atoms with van der Waals surface area (Å²) in [7, 11) is 0. The average Bonchev–Trinajstić information content (AvgIpc) is 2.30. The fourth-order valence-corrected chi connectivity index (χ4v) is 1.81. The molecule has 5 nitrogen and oxygen atoms in total. The number of halogens is 1. The van der Waals surface area contributed by atoms with E-state index in [1.54, 1.807) is 0 Å². The van der Waals surface area contributed by atoms with Gasteiger partial charge in [-0.05, 0) is 19.8 Å². The second kappa shape index (κ2) is 4.98. The van der Waals surface area contributed by atoms with E-state index in [-0.39, 0.29) is 22.3 Å². The normalized spacial score (nSPS) is 18.7. The van der Waals surface area contributed by atoms with E-state index in [0.29, 0.717) is 13.2 Å². The first-order chi connectivity index (χ1) is 8.09. The number of nitrogens with one attached hydrogen (secondary N) is 1. The van der Waals surface area contributed by atoms with Gasteiger partial charge in [0.25, 0.3) is 5.91 Å². The lowest BCUT2D eigenvalue weighted by atomic mass is 9.92. The van der Waals surface area contributed by atoms with Crippen LogP contribution in [0.2, 0.25) is 5.15 Å². The number of nitrogens with zero attached hydrogens (tertiary/aromatic N) is 2. The molecule has 6 heteroatoms. The third kappa shape index (κ3) is 3.14. The molecule has 0 unspecified atom stereocenters. The summed E-state index contributed by atoms with van der Waals surface area (Å²) in [5.74, 6) is -0.224. The summed E-state index contributed by atoms with van der Waals surface area (Å²) in [5.41, 5.74) is 0.0542. The SMILES string of the molecule is CC1(NC(=O)c2cnc(Cl)cn2)CCOCC1. The lowest BCUT2D eigenvalue weighted by Gasteiger charge is -2.34. The topological polar surface area (TPSA) is 64.1 Å².